The van der Waals surface area contributed by atoms with Crippen LogP contribution in [-0.2, 0) is 10.5 Å². The molecule has 0 aliphatic rings. The van der Waals surface area contributed by atoms with Crippen LogP contribution in [0.15, 0.2) is 4.36 Å². The lowest BCUT2D eigenvalue weighted by molar-refractivity contribution is 0.257. The molecular weight excluding hydrogens is 151 g/mol. The van der Waals surface area contributed by atoms with Crippen molar-refractivity contribution in [3.05, 3.63) is 0 Å². The molecule has 0 heterocycles. The molecule has 0 bridgehead atoms. The molecule has 48 valence electrons. The fourth-order valence-corrected chi connectivity index (χ4v) is 0.220. The van der Waals surface area contributed by atoms with Crippen molar-refractivity contribution in [3.8, 4) is 0 Å². The van der Waals surface area contributed by atoms with Crippen LogP contribution in [0.2, 0.25) is 0 Å². The van der Waals surface area contributed by atoms with E-state index >= 15 is 0 Å². The van der Waals surface area contributed by atoms with Crippen molar-refractivity contribution >= 4 is 26.4 Å². The van der Waals surface area contributed by atoms with Crippen LogP contribution in [0.25, 0.3) is 0 Å². The Labute approximate surface area is 50.6 Å². The predicted molar refractivity (Wildman–Crippen MR) is 32.0 cm³/mol. The third-order valence-corrected chi connectivity index (χ3v) is 0.494. The predicted octanol–water partition coefficient (Wildman–Crippen LogP) is -0.814. The summed E-state index contributed by atoms with van der Waals surface area (Å²) in [7, 11) is -2.70. The molecule has 0 aromatic heterocycles. The number of hydrogen-bond donors (Lipinski definition) is 1. The van der Waals surface area contributed by atoms with Gasteiger partial charge in [0.05, 0.1) is 0 Å². The van der Waals surface area contributed by atoms with Gasteiger partial charge in [0.15, 0.2) is 0 Å². The number of carbonyl (C=O) groups excluding carboxylic acids is 1. The van der Waals surface area contributed by atoms with E-state index in [9.17, 15) is 13.2 Å². The lowest BCUT2D eigenvalue weighted by Crippen LogP contribution is -2.02. The van der Waals surface area contributed by atoms with E-state index in [0.717, 1.165) is 0 Å². The maximum atomic E-state index is 9.47. The van der Waals surface area contributed by atoms with Gasteiger partial charge >= 0.3 is 16.5 Å². The molecule has 0 aliphatic carbocycles. The minimum atomic E-state index is -2.70. The van der Waals surface area contributed by atoms with Crippen LogP contribution >= 0.6 is 9.90 Å². The SMILES string of the molecule is NC(=O)N=S(=O)=O.P. The lowest BCUT2D eigenvalue weighted by atomic mass is 11.2. The summed E-state index contributed by atoms with van der Waals surface area (Å²) >= 11 is 0. The van der Waals surface area contributed by atoms with Crippen molar-refractivity contribution in [2.75, 3.05) is 0 Å². The molecule has 7 heteroatoms. The second kappa shape index (κ2) is 4.67. The van der Waals surface area contributed by atoms with Gasteiger partial charge in [0, 0.05) is 0 Å². The quantitative estimate of drug-likeness (QED) is 0.465. The van der Waals surface area contributed by atoms with E-state index in [2.05, 4.69) is 10.1 Å². The van der Waals surface area contributed by atoms with Gasteiger partial charge in [0.1, 0.15) is 0 Å². The molecular formula is CH5N2O3PS. The molecule has 0 radical (unpaired) electrons. The average Bonchev–Trinajstić information content (AvgIpc) is 1.27. The molecule has 2 N–H and O–H groups in total. The third kappa shape index (κ3) is 9.10. The van der Waals surface area contributed by atoms with E-state index in [4.69, 9.17) is 0 Å². The van der Waals surface area contributed by atoms with Gasteiger partial charge in [-0.15, -0.1) is 0 Å². The van der Waals surface area contributed by atoms with E-state index in [1.54, 1.807) is 0 Å². The molecule has 1 unspecified atom stereocenters. The second-order valence-corrected chi connectivity index (χ2v) is 1.26. The van der Waals surface area contributed by atoms with Crippen LogP contribution in [0, 0.1) is 0 Å². The highest BCUT2D eigenvalue weighted by molar-refractivity contribution is 7.62. The minimum Gasteiger partial charge on any atom is -0.349 e. The summed E-state index contributed by atoms with van der Waals surface area (Å²) in [4.78, 5) is 9.47. The third-order valence-electron chi connectivity index (χ3n) is 0.165. The smallest absolute Gasteiger partial charge is 0.349 e. The number of hydrogen-bond acceptors (Lipinski definition) is 3. The number of primary amides is 1. The molecule has 5 nitrogen and oxygen atoms in total. The van der Waals surface area contributed by atoms with Gasteiger partial charge in [0.25, 0.3) is 0 Å². The first-order valence-corrected chi connectivity index (χ1v) is 2.26. The van der Waals surface area contributed by atoms with Crippen molar-refractivity contribution in [1.29, 1.82) is 0 Å². The molecule has 8 heavy (non-hydrogen) atoms. The number of nitrogens with two attached hydrogens (primary N) is 1. The van der Waals surface area contributed by atoms with Crippen molar-refractivity contribution in [2.24, 2.45) is 10.1 Å². The molecule has 0 spiro atoms. The molecule has 0 fully saturated rings. The summed E-state index contributed by atoms with van der Waals surface area (Å²) in [5, 5.41) is 0. The van der Waals surface area contributed by atoms with Crippen molar-refractivity contribution < 1.29 is 13.2 Å². The average molecular weight is 156 g/mol. The van der Waals surface area contributed by atoms with Crippen LogP contribution in [0.4, 0.5) is 4.79 Å². The van der Waals surface area contributed by atoms with Crippen molar-refractivity contribution in [3.63, 3.8) is 0 Å². The highest BCUT2D eigenvalue weighted by Crippen LogP contribution is 1.60. The Kier molecular flexibility index (Phi) is 6.13. The Bertz CT molecular complexity index is 185. The van der Waals surface area contributed by atoms with Gasteiger partial charge in [-0.3, -0.25) is 0 Å². The lowest BCUT2D eigenvalue weighted by Gasteiger charge is -1.64. The van der Waals surface area contributed by atoms with Crippen LogP contribution in [0.3, 0.4) is 0 Å². The highest BCUT2D eigenvalue weighted by Gasteiger charge is 1.80. The van der Waals surface area contributed by atoms with Crippen LogP contribution in [0.1, 0.15) is 0 Å². The van der Waals surface area contributed by atoms with E-state index in [1.807, 2.05) is 0 Å². The number of nitrogens with zero attached hydrogens (tertiary/aromatic N) is 1. The Morgan fingerprint density at radius 2 is 1.88 bits per heavy atom. The van der Waals surface area contributed by atoms with Crippen molar-refractivity contribution in [2.45, 2.75) is 0 Å². The first-order valence-electron chi connectivity index (χ1n) is 1.23. The van der Waals surface area contributed by atoms with Gasteiger partial charge in [-0.2, -0.15) is 18.3 Å². The van der Waals surface area contributed by atoms with Gasteiger partial charge in [0.2, 0.25) is 0 Å². The Morgan fingerprint density at radius 1 is 1.50 bits per heavy atom. The molecule has 0 saturated carbocycles. The summed E-state index contributed by atoms with van der Waals surface area (Å²) in [6.07, 6.45) is 0. The topological polar surface area (TPSA) is 89.6 Å². The fourth-order valence-electron chi connectivity index (χ4n) is 0.0735. The zero-order chi connectivity index (χ0) is 5.86. The summed E-state index contributed by atoms with van der Waals surface area (Å²) in [5.41, 5.74) is 4.29. The van der Waals surface area contributed by atoms with E-state index < -0.39 is 16.5 Å². The van der Waals surface area contributed by atoms with Gasteiger partial charge in [-0.05, 0) is 0 Å². The second-order valence-electron chi connectivity index (χ2n) is 0.647. The standard InChI is InChI=1S/CH2N2O3S.H3P/c2-1(4)3-7(5)6;/h(H2,2,4);1H3. The number of urea groups is 1. The van der Waals surface area contributed by atoms with Crippen LogP contribution in [0.5, 0.6) is 0 Å². The summed E-state index contributed by atoms with van der Waals surface area (Å²) in [6.45, 7) is 0. The van der Waals surface area contributed by atoms with Gasteiger partial charge in [-0.1, -0.05) is 4.36 Å². The van der Waals surface area contributed by atoms with Crippen LogP contribution < -0.4 is 5.73 Å². The number of amides is 2. The first-order chi connectivity index (χ1) is 3.13. The number of rotatable bonds is 0. The molecule has 1 atom stereocenters. The maximum absolute atomic E-state index is 9.47. The largest absolute Gasteiger partial charge is 0.353 e. The minimum absolute atomic E-state index is 0. The number of carbonyl (C=O) groups is 1. The summed E-state index contributed by atoms with van der Waals surface area (Å²) < 4.78 is 21.0. The Morgan fingerprint density at radius 3 is 1.88 bits per heavy atom. The zero-order valence-electron chi connectivity index (χ0n) is 3.86. The normalized spacial score (nSPS) is 6.50. The Hall–Kier alpha value is -0.480. The molecule has 0 aliphatic heterocycles. The highest BCUT2D eigenvalue weighted by atomic mass is 32.2. The van der Waals surface area contributed by atoms with Gasteiger partial charge in [-0.25, -0.2) is 4.79 Å². The van der Waals surface area contributed by atoms with E-state index in [1.165, 1.54) is 0 Å². The first kappa shape index (κ1) is 10.5. The van der Waals surface area contributed by atoms with E-state index in [0.29, 0.717) is 0 Å². The monoisotopic (exact) mass is 156 g/mol. The molecule has 0 aromatic rings. The van der Waals surface area contributed by atoms with Gasteiger partial charge < -0.3 is 5.73 Å². The summed E-state index contributed by atoms with van der Waals surface area (Å²) in [5.74, 6) is 0. The summed E-state index contributed by atoms with van der Waals surface area (Å²) in [6, 6.07) is -1.20. The van der Waals surface area contributed by atoms with E-state index in [-0.39, 0.29) is 9.90 Å². The Balaban J connectivity index is 0. The molecule has 2 amide bonds. The fraction of sp³-hybridized carbons (Fsp3) is 0. The maximum Gasteiger partial charge on any atom is 0.353 e. The molecule has 0 aromatic carbocycles. The van der Waals surface area contributed by atoms with Crippen molar-refractivity contribution in [1.82, 2.24) is 0 Å². The molecule has 0 saturated heterocycles. The zero-order valence-corrected chi connectivity index (χ0v) is 6.10. The molecule has 0 rings (SSSR count). The van der Waals surface area contributed by atoms with Crippen LogP contribution in [-0.4, -0.2) is 14.4 Å².